The summed E-state index contributed by atoms with van der Waals surface area (Å²) in [7, 11) is -2.69. The van der Waals surface area contributed by atoms with E-state index in [0.29, 0.717) is 5.56 Å². The molecule has 0 spiro atoms. The van der Waals surface area contributed by atoms with E-state index in [0.717, 1.165) is 12.3 Å². The third-order valence-electron chi connectivity index (χ3n) is 1.83. The van der Waals surface area contributed by atoms with Crippen LogP contribution in [-0.4, -0.2) is 20.6 Å². The Labute approximate surface area is 108 Å². The lowest BCUT2D eigenvalue weighted by atomic mass is 10.3. The number of nitrogens with zero attached hydrogens (tertiary/aromatic N) is 2. The van der Waals surface area contributed by atoms with E-state index in [4.69, 9.17) is 5.73 Å². The molecule has 1 aromatic rings. The van der Waals surface area contributed by atoms with Crippen molar-refractivity contribution in [3.05, 3.63) is 29.6 Å². The maximum Gasteiger partial charge on any atom is 0.433 e. The van der Waals surface area contributed by atoms with Crippen LogP contribution in [-0.2, 0) is 21.7 Å². The predicted molar refractivity (Wildman–Crippen MR) is 66.2 cm³/mol. The fourth-order valence-electron chi connectivity index (χ4n) is 1.21. The summed E-state index contributed by atoms with van der Waals surface area (Å²) in [5.41, 5.74) is 4.51. The molecule has 0 aromatic carbocycles. The first-order chi connectivity index (χ1) is 8.10. The van der Waals surface area contributed by atoms with Crippen LogP contribution in [0.5, 0.6) is 0 Å². The lowest BCUT2D eigenvalue weighted by Crippen LogP contribution is -2.11. The second-order valence-corrected chi connectivity index (χ2v) is 6.39. The predicted octanol–water partition coefficient (Wildman–Crippen LogP) is 1.94. The van der Waals surface area contributed by atoms with Crippen LogP contribution in [0, 0.1) is 0 Å². The van der Waals surface area contributed by atoms with Gasteiger partial charge in [0, 0.05) is 12.5 Å². The standard InChI is InChI=1S/C9H10F3N3OS2/c1-18(16,15-8(13)17)5-6-2-3-7(14-4-6)9(10,11)12/h2-4H,5H2,1H3,(H2,13,17). The molecule has 2 N–H and O–H groups in total. The van der Waals surface area contributed by atoms with Gasteiger partial charge in [-0.15, -0.1) is 0 Å². The Bertz CT molecular complexity index is 559. The zero-order chi connectivity index (χ0) is 14.0. The minimum absolute atomic E-state index is 0.0600. The molecule has 1 heterocycles. The number of nitrogens with two attached hydrogens (primary N) is 1. The van der Waals surface area contributed by atoms with Crippen molar-refractivity contribution < 1.29 is 17.4 Å². The van der Waals surface area contributed by atoms with Crippen molar-refractivity contribution in [1.29, 1.82) is 0 Å². The Morgan fingerprint density at radius 2 is 2.17 bits per heavy atom. The maximum absolute atomic E-state index is 12.3. The quantitative estimate of drug-likeness (QED) is 0.847. The Kier molecular flexibility index (Phi) is 4.28. The highest BCUT2D eigenvalue weighted by molar-refractivity contribution is 7.93. The minimum atomic E-state index is -4.49. The lowest BCUT2D eigenvalue weighted by Gasteiger charge is -2.07. The van der Waals surface area contributed by atoms with Gasteiger partial charge in [0.1, 0.15) is 5.69 Å². The van der Waals surface area contributed by atoms with Crippen molar-refractivity contribution >= 4 is 27.1 Å². The molecule has 1 atom stereocenters. The normalized spacial score (nSPS) is 14.9. The van der Waals surface area contributed by atoms with Gasteiger partial charge in [-0.3, -0.25) is 4.98 Å². The van der Waals surface area contributed by atoms with Gasteiger partial charge in [-0.1, -0.05) is 6.07 Å². The summed E-state index contributed by atoms with van der Waals surface area (Å²) in [6.07, 6.45) is -2.15. The second kappa shape index (κ2) is 5.19. The molecule has 1 unspecified atom stereocenters. The first kappa shape index (κ1) is 14.8. The summed E-state index contributed by atoms with van der Waals surface area (Å²) in [5.74, 6) is -0.0600. The molecule has 0 fully saturated rings. The largest absolute Gasteiger partial charge is 0.433 e. The molecular weight excluding hydrogens is 287 g/mol. The molecule has 0 saturated heterocycles. The molecule has 0 aliphatic carbocycles. The number of hydrogen-bond acceptors (Lipinski definition) is 3. The third-order valence-corrected chi connectivity index (χ3v) is 3.49. The Morgan fingerprint density at radius 3 is 2.56 bits per heavy atom. The zero-order valence-electron chi connectivity index (χ0n) is 9.27. The number of rotatable bonds is 2. The van der Waals surface area contributed by atoms with Crippen molar-refractivity contribution in [3.63, 3.8) is 0 Å². The van der Waals surface area contributed by atoms with E-state index in [2.05, 4.69) is 21.6 Å². The average Bonchev–Trinajstić information content (AvgIpc) is 2.13. The average molecular weight is 297 g/mol. The monoisotopic (exact) mass is 297 g/mol. The molecule has 9 heteroatoms. The minimum Gasteiger partial charge on any atom is -0.374 e. The molecule has 4 nitrogen and oxygen atoms in total. The van der Waals surface area contributed by atoms with Crippen LogP contribution in [0.3, 0.4) is 0 Å². The Balaban J connectivity index is 2.95. The van der Waals surface area contributed by atoms with E-state index in [1.54, 1.807) is 0 Å². The smallest absolute Gasteiger partial charge is 0.374 e. The summed E-state index contributed by atoms with van der Waals surface area (Å²) in [6, 6.07) is 2.03. The molecule has 0 aliphatic rings. The van der Waals surface area contributed by atoms with Gasteiger partial charge in [-0.2, -0.15) is 17.5 Å². The van der Waals surface area contributed by atoms with Crippen LogP contribution in [0.4, 0.5) is 13.2 Å². The van der Waals surface area contributed by atoms with Crippen LogP contribution >= 0.6 is 12.2 Å². The molecule has 0 amide bonds. The van der Waals surface area contributed by atoms with Crippen molar-refractivity contribution in [1.82, 2.24) is 4.98 Å². The van der Waals surface area contributed by atoms with Crippen molar-refractivity contribution in [2.45, 2.75) is 11.9 Å². The summed E-state index contributed by atoms with van der Waals surface area (Å²) in [4.78, 5) is 3.26. The Morgan fingerprint density at radius 1 is 1.56 bits per heavy atom. The van der Waals surface area contributed by atoms with Crippen LogP contribution < -0.4 is 5.73 Å². The van der Waals surface area contributed by atoms with E-state index < -0.39 is 21.6 Å². The van der Waals surface area contributed by atoms with Gasteiger partial charge < -0.3 is 5.73 Å². The fourth-order valence-corrected chi connectivity index (χ4v) is 2.92. The molecule has 1 aromatic heterocycles. The third kappa shape index (κ3) is 4.57. The molecule has 0 bridgehead atoms. The number of thiocarbonyl (C=S) groups is 1. The number of alkyl halides is 3. The van der Waals surface area contributed by atoms with Crippen LogP contribution in [0.15, 0.2) is 22.7 Å². The van der Waals surface area contributed by atoms with Crippen molar-refractivity contribution in [3.8, 4) is 0 Å². The summed E-state index contributed by atoms with van der Waals surface area (Å²) >= 11 is 4.50. The van der Waals surface area contributed by atoms with Gasteiger partial charge in [0.2, 0.25) is 0 Å². The summed E-state index contributed by atoms with van der Waals surface area (Å²) in [5, 5.41) is -0.248. The van der Waals surface area contributed by atoms with Crippen LogP contribution in [0.25, 0.3) is 0 Å². The highest BCUT2D eigenvalue weighted by Gasteiger charge is 2.32. The number of halogens is 3. The summed E-state index contributed by atoms with van der Waals surface area (Å²) in [6.45, 7) is 0. The highest BCUT2D eigenvalue weighted by Crippen LogP contribution is 2.27. The molecule has 100 valence electrons. The van der Waals surface area contributed by atoms with Crippen LogP contribution in [0.1, 0.15) is 11.3 Å². The maximum atomic E-state index is 12.3. The topological polar surface area (TPSA) is 68.3 Å². The fraction of sp³-hybridized carbons (Fsp3) is 0.333. The molecular formula is C9H10F3N3OS2. The summed E-state index contributed by atoms with van der Waals surface area (Å²) < 4.78 is 52.2. The first-order valence-corrected chi connectivity index (χ1v) is 7.11. The molecule has 0 aliphatic heterocycles. The van der Waals surface area contributed by atoms with Gasteiger partial charge in [-0.05, 0) is 23.8 Å². The second-order valence-electron chi connectivity index (χ2n) is 3.58. The highest BCUT2D eigenvalue weighted by atomic mass is 32.2. The first-order valence-electron chi connectivity index (χ1n) is 4.61. The van der Waals surface area contributed by atoms with E-state index in [-0.39, 0.29) is 10.9 Å². The van der Waals surface area contributed by atoms with E-state index >= 15 is 0 Å². The molecule has 0 saturated carbocycles. The van der Waals surface area contributed by atoms with E-state index in [1.807, 2.05) is 0 Å². The van der Waals surface area contributed by atoms with E-state index in [9.17, 15) is 17.4 Å². The lowest BCUT2D eigenvalue weighted by molar-refractivity contribution is -0.141. The van der Waals surface area contributed by atoms with Gasteiger partial charge in [0.15, 0.2) is 5.11 Å². The molecule has 1 rings (SSSR count). The number of pyridine rings is 1. The Hall–Kier alpha value is -1.22. The van der Waals surface area contributed by atoms with E-state index in [1.165, 1.54) is 12.3 Å². The number of hydrogen-bond donors (Lipinski definition) is 1. The van der Waals surface area contributed by atoms with Gasteiger partial charge >= 0.3 is 6.18 Å². The zero-order valence-corrected chi connectivity index (χ0v) is 10.9. The van der Waals surface area contributed by atoms with Gasteiger partial charge in [0.05, 0.1) is 15.5 Å². The van der Waals surface area contributed by atoms with Crippen molar-refractivity contribution in [2.75, 3.05) is 6.26 Å². The van der Waals surface area contributed by atoms with Crippen molar-refractivity contribution in [2.24, 2.45) is 10.1 Å². The van der Waals surface area contributed by atoms with Crippen LogP contribution in [0.2, 0.25) is 0 Å². The number of aromatic nitrogens is 1. The van der Waals surface area contributed by atoms with Gasteiger partial charge in [-0.25, -0.2) is 4.21 Å². The SMILES string of the molecule is CS(=O)(Cc1ccc(C(F)(F)F)nc1)=NC(N)=S. The van der Waals surface area contributed by atoms with Gasteiger partial charge in [0.25, 0.3) is 0 Å². The molecule has 18 heavy (non-hydrogen) atoms. The molecule has 0 radical (unpaired) electrons.